The molecule has 1 fully saturated rings. The van der Waals surface area contributed by atoms with Crippen LogP contribution < -0.4 is 0 Å². The lowest BCUT2D eigenvalue weighted by Gasteiger charge is -2.29. The summed E-state index contributed by atoms with van der Waals surface area (Å²) >= 11 is 0. The van der Waals surface area contributed by atoms with Crippen molar-refractivity contribution in [3.63, 3.8) is 0 Å². The fourth-order valence-electron chi connectivity index (χ4n) is 1.43. The molecule has 1 heterocycles. The molecule has 0 bridgehead atoms. The minimum atomic E-state index is 1.25. The van der Waals surface area contributed by atoms with E-state index in [4.69, 9.17) is 0 Å². The zero-order valence-electron chi connectivity index (χ0n) is 9.77. The summed E-state index contributed by atoms with van der Waals surface area (Å²) in [5, 5.41) is 0. The highest BCUT2D eigenvalue weighted by atomic mass is 15.1. The SMILES string of the molecule is C/C=C(\C)N1CCCCC1.CCC. The van der Waals surface area contributed by atoms with Crippen LogP contribution in [0.15, 0.2) is 11.8 Å². The van der Waals surface area contributed by atoms with Gasteiger partial charge in [-0.15, -0.1) is 0 Å². The van der Waals surface area contributed by atoms with Crippen molar-refractivity contribution >= 4 is 0 Å². The van der Waals surface area contributed by atoms with Crippen molar-refractivity contribution in [2.24, 2.45) is 0 Å². The normalized spacial score (nSPS) is 17.8. The Bertz CT molecular complexity index is 132. The molecule has 0 aromatic rings. The molecule has 0 saturated carbocycles. The number of hydrogen-bond acceptors (Lipinski definition) is 1. The second-order valence-corrected chi connectivity index (χ2v) is 3.68. The lowest BCUT2D eigenvalue weighted by Crippen LogP contribution is -2.27. The molecule has 0 amide bonds. The minimum absolute atomic E-state index is 1.25. The molecular formula is C12H25N. The average Bonchev–Trinajstić information content (AvgIpc) is 2.19. The van der Waals surface area contributed by atoms with Gasteiger partial charge in [0.25, 0.3) is 0 Å². The predicted octanol–water partition coefficient (Wildman–Crippen LogP) is 3.81. The largest absolute Gasteiger partial charge is 0.375 e. The van der Waals surface area contributed by atoms with E-state index in [1.165, 1.54) is 44.5 Å². The van der Waals surface area contributed by atoms with Gasteiger partial charge in [-0.05, 0) is 33.1 Å². The van der Waals surface area contributed by atoms with E-state index in [1.54, 1.807) is 0 Å². The Morgan fingerprint density at radius 1 is 1.15 bits per heavy atom. The summed E-state index contributed by atoms with van der Waals surface area (Å²) in [4.78, 5) is 2.48. The molecule has 0 aromatic carbocycles. The predicted molar refractivity (Wildman–Crippen MR) is 60.8 cm³/mol. The number of likely N-dealkylation sites (tertiary alicyclic amines) is 1. The number of allylic oxidation sites excluding steroid dienone is 2. The first kappa shape index (κ1) is 12.5. The standard InChI is InChI=1S/C9H17N.C3H8/c1-3-9(2)10-7-5-4-6-8-10;1-3-2/h3H,4-8H2,1-2H3;3H2,1-2H3/b9-3+;. The molecule has 1 aliphatic rings. The lowest BCUT2D eigenvalue weighted by atomic mass is 10.1. The lowest BCUT2D eigenvalue weighted by molar-refractivity contribution is 0.285. The van der Waals surface area contributed by atoms with Gasteiger partial charge < -0.3 is 4.90 Å². The second-order valence-electron chi connectivity index (χ2n) is 3.68. The van der Waals surface area contributed by atoms with Crippen LogP contribution in [-0.2, 0) is 0 Å². The van der Waals surface area contributed by atoms with Gasteiger partial charge in [-0.2, -0.15) is 0 Å². The van der Waals surface area contributed by atoms with Gasteiger partial charge in [0.05, 0.1) is 0 Å². The van der Waals surface area contributed by atoms with Crippen LogP contribution in [0.1, 0.15) is 53.4 Å². The van der Waals surface area contributed by atoms with Crippen LogP contribution in [0.25, 0.3) is 0 Å². The highest BCUT2D eigenvalue weighted by Gasteiger charge is 2.08. The van der Waals surface area contributed by atoms with Crippen LogP contribution >= 0.6 is 0 Å². The highest BCUT2D eigenvalue weighted by Crippen LogP contribution is 2.13. The van der Waals surface area contributed by atoms with Gasteiger partial charge in [0, 0.05) is 18.8 Å². The molecular weight excluding hydrogens is 158 g/mol. The molecule has 1 rings (SSSR count). The fourth-order valence-corrected chi connectivity index (χ4v) is 1.43. The van der Waals surface area contributed by atoms with E-state index in [2.05, 4.69) is 38.7 Å². The van der Waals surface area contributed by atoms with Crippen LogP contribution in [-0.4, -0.2) is 18.0 Å². The Morgan fingerprint density at radius 3 is 2.00 bits per heavy atom. The van der Waals surface area contributed by atoms with E-state index < -0.39 is 0 Å². The van der Waals surface area contributed by atoms with Gasteiger partial charge >= 0.3 is 0 Å². The first-order chi connectivity index (χ1) is 6.26. The monoisotopic (exact) mass is 183 g/mol. The van der Waals surface area contributed by atoms with Crippen LogP contribution in [0.3, 0.4) is 0 Å². The van der Waals surface area contributed by atoms with Gasteiger partial charge in [-0.3, -0.25) is 0 Å². The Morgan fingerprint density at radius 2 is 1.62 bits per heavy atom. The highest BCUT2D eigenvalue weighted by molar-refractivity contribution is 4.95. The smallest absolute Gasteiger partial charge is 0.0174 e. The minimum Gasteiger partial charge on any atom is -0.375 e. The molecule has 0 aromatic heterocycles. The van der Waals surface area contributed by atoms with Gasteiger partial charge in [0.15, 0.2) is 0 Å². The number of rotatable bonds is 1. The molecule has 1 nitrogen and oxygen atoms in total. The van der Waals surface area contributed by atoms with Crippen molar-refractivity contribution in [1.29, 1.82) is 0 Å². The Labute approximate surface area is 83.8 Å². The van der Waals surface area contributed by atoms with Crippen molar-refractivity contribution in [2.75, 3.05) is 13.1 Å². The first-order valence-corrected chi connectivity index (χ1v) is 5.64. The summed E-state index contributed by atoms with van der Waals surface area (Å²) in [7, 11) is 0. The molecule has 78 valence electrons. The molecule has 0 aliphatic carbocycles. The zero-order valence-corrected chi connectivity index (χ0v) is 9.77. The number of hydrogen-bond donors (Lipinski definition) is 0. The summed E-state index contributed by atoms with van der Waals surface area (Å²) in [6, 6.07) is 0. The summed E-state index contributed by atoms with van der Waals surface area (Å²) in [5.74, 6) is 0. The van der Waals surface area contributed by atoms with Crippen molar-refractivity contribution in [1.82, 2.24) is 4.90 Å². The van der Waals surface area contributed by atoms with E-state index in [0.717, 1.165) is 0 Å². The van der Waals surface area contributed by atoms with Crippen molar-refractivity contribution in [2.45, 2.75) is 53.4 Å². The Balaban J connectivity index is 0.000000424. The third-order valence-electron chi connectivity index (χ3n) is 2.27. The van der Waals surface area contributed by atoms with Crippen LogP contribution in [0.2, 0.25) is 0 Å². The van der Waals surface area contributed by atoms with Gasteiger partial charge in [0.1, 0.15) is 0 Å². The molecule has 0 atom stereocenters. The Kier molecular flexibility index (Phi) is 7.86. The van der Waals surface area contributed by atoms with E-state index in [0.29, 0.717) is 0 Å². The van der Waals surface area contributed by atoms with Crippen molar-refractivity contribution in [3.05, 3.63) is 11.8 Å². The second kappa shape index (κ2) is 8.15. The molecule has 0 unspecified atom stereocenters. The molecule has 13 heavy (non-hydrogen) atoms. The quantitative estimate of drug-likeness (QED) is 0.597. The third-order valence-corrected chi connectivity index (χ3v) is 2.27. The van der Waals surface area contributed by atoms with Gasteiger partial charge in [-0.25, -0.2) is 0 Å². The zero-order chi connectivity index (χ0) is 10.1. The van der Waals surface area contributed by atoms with E-state index in [-0.39, 0.29) is 0 Å². The van der Waals surface area contributed by atoms with E-state index >= 15 is 0 Å². The van der Waals surface area contributed by atoms with Crippen LogP contribution in [0.4, 0.5) is 0 Å². The number of piperidine rings is 1. The topological polar surface area (TPSA) is 3.24 Å². The van der Waals surface area contributed by atoms with Gasteiger partial charge in [-0.1, -0.05) is 26.3 Å². The van der Waals surface area contributed by atoms with E-state index in [1.807, 2.05) is 0 Å². The molecule has 1 aliphatic heterocycles. The average molecular weight is 183 g/mol. The summed E-state index contributed by atoms with van der Waals surface area (Å²) < 4.78 is 0. The fraction of sp³-hybridized carbons (Fsp3) is 0.833. The van der Waals surface area contributed by atoms with Crippen molar-refractivity contribution in [3.8, 4) is 0 Å². The Hall–Kier alpha value is -0.460. The molecule has 1 heteroatoms. The molecule has 0 spiro atoms. The number of nitrogens with zero attached hydrogens (tertiary/aromatic N) is 1. The van der Waals surface area contributed by atoms with Gasteiger partial charge in [0.2, 0.25) is 0 Å². The first-order valence-electron chi connectivity index (χ1n) is 5.64. The molecule has 0 radical (unpaired) electrons. The maximum absolute atomic E-state index is 2.48. The molecule has 1 saturated heterocycles. The summed E-state index contributed by atoms with van der Waals surface area (Å²) in [6.07, 6.45) is 7.63. The molecule has 0 N–H and O–H groups in total. The summed E-state index contributed by atoms with van der Waals surface area (Å²) in [5.41, 5.74) is 1.44. The van der Waals surface area contributed by atoms with Crippen LogP contribution in [0, 0.1) is 0 Å². The van der Waals surface area contributed by atoms with E-state index in [9.17, 15) is 0 Å². The third kappa shape index (κ3) is 5.73. The summed E-state index contributed by atoms with van der Waals surface area (Å²) in [6.45, 7) is 11.1. The maximum atomic E-state index is 2.48. The maximum Gasteiger partial charge on any atom is 0.0174 e. The van der Waals surface area contributed by atoms with Crippen LogP contribution in [0.5, 0.6) is 0 Å². The van der Waals surface area contributed by atoms with Crippen molar-refractivity contribution < 1.29 is 0 Å².